The highest BCUT2D eigenvalue weighted by atomic mass is 16.5. The second-order valence-electron chi connectivity index (χ2n) is 3.69. The molecule has 3 heteroatoms. The highest BCUT2D eigenvalue weighted by molar-refractivity contribution is 4.85. The first-order valence-electron chi connectivity index (χ1n) is 4.73. The number of hydrogen-bond acceptors (Lipinski definition) is 3. The van der Waals surface area contributed by atoms with E-state index in [1.54, 1.807) is 7.11 Å². The summed E-state index contributed by atoms with van der Waals surface area (Å²) in [6.45, 7) is 6.44. The molecule has 12 heavy (non-hydrogen) atoms. The van der Waals surface area contributed by atoms with Crippen molar-refractivity contribution in [1.82, 2.24) is 10.6 Å². The number of piperidine rings is 1. The quantitative estimate of drug-likeness (QED) is 0.645. The lowest BCUT2D eigenvalue weighted by Crippen LogP contribution is -2.54. The Kier molecular flexibility index (Phi) is 3.98. The maximum Gasteiger partial charge on any atom is 0.0748 e. The van der Waals surface area contributed by atoms with Gasteiger partial charge in [-0.2, -0.15) is 0 Å². The van der Waals surface area contributed by atoms with Crippen molar-refractivity contribution >= 4 is 0 Å². The third kappa shape index (κ3) is 2.73. The van der Waals surface area contributed by atoms with Crippen LogP contribution in [-0.4, -0.2) is 38.4 Å². The molecule has 3 nitrogen and oxygen atoms in total. The second-order valence-corrected chi connectivity index (χ2v) is 3.69. The molecule has 0 amide bonds. The monoisotopic (exact) mass is 172 g/mol. The SMILES string of the molecule is CO[C@@H]1CCNC[C@@H]1NC(C)C. The zero-order chi connectivity index (χ0) is 8.97. The molecule has 0 radical (unpaired) electrons. The van der Waals surface area contributed by atoms with Crippen molar-refractivity contribution in [3.05, 3.63) is 0 Å². The molecule has 1 fully saturated rings. The predicted molar refractivity (Wildman–Crippen MR) is 50.3 cm³/mol. The van der Waals surface area contributed by atoms with E-state index < -0.39 is 0 Å². The Morgan fingerprint density at radius 1 is 1.50 bits per heavy atom. The molecule has 0 unspecified atom stereocenters. The van der Waals surface area contributed by atoms with E-state index in [0.717, 1.165) is 19.5 Å². The molecule has 1 rings (SSSR count). The van der Waals surface area contributed by atoms with E-state index in [1.807, 2.05) is 0 Å². The molecular weight excluding hydrogens is 152 g/mol. The van der Waals surface area contributed by atoms with E-state index in [4.69, 9.17) is 4.74 Å². The molecule has 1 aliphatic heterocycles. The van der Waals surface area contributed by atoms with Crippen LogP contribution >= 0.6 is 0 Å². The molecule has 1 heterocycles. The smallest absolute Gasteiger partial charge is 0.0748 e. The summed E-state index contributed by atoms with van der Waals surface area (Å²) in [5.41, 5.74) is 0. The van der Waals surface area contributed by atoms with Crippen LogP contribution in [0, 0.1) is 0 Å². The maximum atomic E-state index is 5.40. The van der Waals surface area contributed by atoms with E-state index in [0.29, 0.717) is 18.2 Å². The summed E-state index contributed by atoms with van der Waals surface area (Å²) in [5.74, 6) is 0. The van der Waals surface area contributed by atoms with Gasteiger partial charge < -0.3 is 15.4 Å². The number of nitrogens with one attached hydrogen (secondary N) is 2. The van der Waals surface area contributed by atoms with Crippen molar-refractivity contribution in [3.8, 4) is 0 Å². The van der Waals surface area contributed by atoms with Crippen LogP contribution in [0.4, 0.5) is 0 Å². The second kappa shape index (κ2) is 4.80. The first kappa shape index (κ1) is 9.96. The van der Waals surface area contributed by atoms with Crippen molar-refractivity contribution < 1.29 is 4.74 Å². The molecule has 72 valence electrons. The van der Waals surface area contributed by atoms with Gasteiger partial charge in [-0.3, -0.25) is 0 Å². The van der Waals surface area contributed by atoms with Crippen LogP contribution in [0.25, 0.3) is 0 Å². The highest BCUT2D eigenvalue weighted by Gasteiger charge is 2.24. The molecule has 0 bridgehead atoms. The van der Waals surface area contributed by atoms with Gasteiger partial charge >= 0.3 is 0 Å². The van der Waals surface area contributed by atoms with Crippen LogP contribution in [0.3, 0.4) is 0 Å². The number of ether oxygens (including phenoxy) is 1. The van der Waals surface area contributed by atoms with Crippen LogP contribution in [0.1, 0.15) is 20.3 Å². The van der Waals surface area contributed by atoms with Gasteiger partial charge in [-0.25, -0.2) is 0 Å². The Hall–Kier alpha value is -0.120. The molecule has 0 spiro atoms. The van der Waals surface area contributed by atoms with Crippen LogP contribution < -0.4 is 10.6 Å². The third-order valence-corrected chi connectivity index (χ3v) is 2.27. The average Bonchev–Trinajstić information content (AvgIpc) is 2.04. The maximum absolute atomic E-state index is 5.40. The molecule has 0 aliphatic carbocycles. The van der Waals surface area contributed by atoms with Crippen molar-refractivity contribution in [2.45, 2.75) is 38.5 Å². The van der Waals surface area contributed by atoms with Gasteiger partial charge in [-0.1, -0.05) is 13.8 Å². The minimum atomic E-state index is 0.383. The lowest BCUT2D eigenvalue weighted by atomic mass is 10.0. The van der Waals surface area contributed by atoms with Crippen LogP contribution in [0.15, 0.2) is 0 Å². The zero-order valence-corrected chi connectivity index (χ0v) is 8.26. The number of hydrogen-bond donors (Lipinski definition) is 2. The Morgan fingerprint density at radius 3 is 2.83 bits per heavy atom. The average molecular weight is 172 g/mol. The molecule has 2 atom stereocenters. The summed E-state index contributed by atoms with van der Waals surface area (Å²) in [4.78, 5) is 0. The van der Waals surface area contributed by atoms with Gasteiger partial charge in [0.25, 0.3) is 0 Å². The molecule has 1 saturated heterocycles. The topological polar surface area (TPSA) is 33.3 Å². The van der Waals surface area contributed by atoms with Crippen molar-refractivity contribution in [2.24, 2.45) is 0 Å². The fraction of sp³-hybridized carbons (Fsp3) is 1.00. The molecule has 0 aromatic heterocycles. The standard InChI is InChI=1S/C9H20N2O/c1-7(2)11-8-6-10-5-4-9(8)12-3/h7-11H,4-6H2,1-3H3/t8-,9+/m0/s1. The van der Waals surface area contributed by atoms with E-state index in [-0.39, 0.29) is 0 Å². The lowest BCUT2D eigenvalue weighted by molar-refractivity contribution is 0.0456. The van der Waals surface area contributed by atoms with E-state index in [2.05, 4.69) is 24.5 Å². The minimum absolute atomic E-state index is 0.383. The Bertz CT molecular complexity index is 128. The van der Waals surface area contributed by atoms with Gasteiger partial charge in [-0.15, -0.1) is 0 Å². The van der Waals surface area contributed by atoms with Crippen LogP contribution in [-0.2, 0) is 4.74 Å². The number of rotatable bonds is 3. The molecule has 2 N–H and O–H groups in total. The number of methoxy groups -OCH3 is 1. The van der Waals surface area contributed by atoms with Gasteiger partial charge in [0.05, 0.1) is 6.10 Å². The Balaban J connectivity index is 2.36. The zero-order valence-electron chi connectivity index (χ0n) is 8.26. The Labute approximate surface area is 74.9 Å². The summed E-state index contributed by atoms with van der Waals surface area (Å²) in [7, 11) is 1.80. The first-order chi connectivity index (χ1) is 5.74. The molecular formula is C9H20N2O. The van der Waals surface area contributed by atoms with E-state index >= 15 is 0 Å². The van der Waals surface area contributed by atoms with Crippen LogP contribution in [0.5, 0.6) is 0 Å². The van der Waals surface area contributed by atoms with Crippen molar-refractivity contribution in [2.75, 3.05) is 20.2 Å². The Morgan fingerprint density at radius 2 is 2.25 bits per heavy atom. The fourth-order valence-corrected chi connectivity index (χ4v) is 1.71. The molecule has 1 aliphatic rings. The van der Waals surface area contributed by atoms with Crippen LogP contribution in [0.2, 0.25) is 0 Å². The summed E-state index contributed by atoms with van der Waals surface area (Å²) in [6.07, 6.45) is 1.50. The van der Waals surface area contributed by atoms with Gasteiger partial charge in [0.1, 0.15) is 0 Å². The van der Waals surface area contributed by atoms with Crippen molar-refractivity contribution in [1.29, 1.82) is 0 Å². The normalized spacial score (nSPS) is 31.0. The van der Waals surface area contributed by atoms with E-state index in [1.165, 1.54) is 0 Å². The molecule has 0 aromatic rings. The van der Waals surface area contributed by atoms with Gasteiger partial charge in [0.15, 0.2) is 0 Å². The summed E-state index contributed by atoms with van der Waals surface area (Å²) in [6, 6.07) is 1.01. The van der Waals surface area contributed by atoms with Gasteiger partial charge in [-0.05, 0) is 13.0 Å². The summed E-state index contributed by atoms with van der Waals surface area (Å²) in [5, 5.41) is 6.86. The minimum Gasteiger partial charge on any atom is -0.380 e. The molecule has 0 aromatic carbocycles. The van der Waals surface area contributed by atoms with Crippen molar-refractivity contribution in [3.63, 3.8) is 0 Å². The largest absolute Gasteiger partial charge is 0.380 e. The third-order valence-electron chi connectivity index (χ3n) is 2.27. The fourth-order valence-electron chi connectivity index (χ4n) is 1.71. The summed E-state index contributed by atoms with van der Waals surface area (Å²) >= 11 is 0. The molecule has 0 saturated carbocycles. The first-order valence-corrected chi connectivity index (χ1v) is 4.73. The van der Waals surface area contributed by atoms with E-state index in [9.17, 15) is 0 Å². The van der Waals surface area contributed by atoms with Gasteiger partial charge in [0.2, 0.25) is 0 Å². The predicted octanol–water partition coefficient (Wildman–Crippen LogP) is 0.361. The highest BCUT2D eigenvalue weighted by Crippen LogP contribution is 2.07. The summed E-state index contributed by atoms with van der Waals surface area (Å²) < 4.78 is 5.40. The lowest BCUT2D eigenvalue weighted by Gasteiger charge is -2.33. The van der Waals surface area contributed by atoms with Gasteiger partial charge in [0, 0.05) is 25.7 Å².